The number of nitriles is 1. The molecular weight excluding hydrogens is 234 g/mol. The summed E-state index contributed by atoms with van der Waals surface area (Å²) >= 11 is 0. The second kappa shape index (κ2) is 6.08. The van der Waals surface area contributed by atoms with Crippen molar-refractivity contribution < 1.29 is 0 Å². The molecule has 102 valence electrons. The molecule has 1 saturated carbocycles. The molecule has 1 aromatic carbocycles. The molecule has 0 bridgehead atoms. The third-order valence-corrected chi connectivity index (χ3v) is 4.36. The fourth-order valence-corrected chi connectivity index (χ4v) is 3.16. The van der Waals surface area contributed by atoms with Crippen LogP contribution < -0.4 is 10.6 Å². The molecule has 0 amide bonds. The molecule has 2 unspecified atom stereocenters. The molecule has 3 heteroatoms. The van der Waals surface area contributed by atoms with Crippen LogP contribution in [0.4, 0.5) is 5.69 Å². The predicted octanol–water partition coefficient (Wildman–Crippen LogP) is 3.03. The fraction of sp³-hybridized carbons (Fsp3) is 0.562. The zero-order valence-electron chi connectivity index (χ0n) is 11.9. The Kier molecular flexibility index (Phi) is 4.44. The Balaban J connectivity index is 2.27. The van der Waals surface area contributed by atoms with Gasteiger partial charge in [-0.15, -0.1) is 0 Å². The highest BCUT2D eigenvalue weighted by Gasteiger charge is 2.26. The fourth-order valence-electron chi connectivity index (χ4n) is 3.16. The van der Waals surface area contributed by atoms with Gasteiger partial charge in [-0.25, -0.2) is 0 Å². The van der Waals surface area contributed by atoms with Crippen LogP contribution in [0.25, 0.3) is 0 Å². The quantitative estimate of drug-likeness (QED) is 0.905. The number of hydrogen-bond donors (Lipinski definition) is 1. The van der Waals surface area contributed by atoms with E-state index in [2.05, 4.69) is 24.9 Å². The van der Waals surface area contributed by atoms with Crippen LogP contribution in [0.15, 0.2) is 18.2 Å². The smallest absolute Gasteiger partial charge is 0.101 e. The van der Waals surface area contributed by atoms with Gasteiger partial charge >= 0.3 is 0 Å². The standard InChI is InChI=1S/C16H23N3/c1-12-5-3-4-6-15(12)19(2)16-8-7-13(10-17)9-14(16)11-18/h7-9,12,15H,3-6,10,17H2,1-2H3. The second-order valence-corrected chi connectivity index (χ2v) is 5.61. The summed E-state index contributed by atoms with van der Waals surface area (Å²) < 4.78 is 0. The lowest BCUT2D eigenvalue weighted by Crippen LogP contribution is -2.39. The average Bonchev–Trinajstić information content (AvgIpc) is 2.46. The van der Waals surface area contributed by atoms with Crippen molar-refractivity contribution in [1.82, 2.24) is 0 Å². The lowest BCUT2D eigenvalue weighted by molar-refractivity contribution is 0.321. The molecule has 2 N–H and O–H groups in total. The molecule has 19 heavy (non-hydrogen) atoms. The third-order valence-electron chi connectivity index (χ3n) is 4.36. The van der Waals surface area contributed by atoms with Crippen LogP contribution in [0.5, 0.6) is 0 Å². The van der Waals surface area contributed by atoms with Crippen molar-refractivity contribution in [1.29, 1.82) is 5.26 Å². The van der Waals surface area contributed by atoms with Crippen LogP contribution in [0, 0.1) is 17.2 Å². The zero-order valence-corrected chi connectivity index (χ0v) is 11.9. The Morgan fingerprint density at radius 3 is 2.74 bits per heavy atom. The van der Waals surface area contributed by atoms with Crippen LogP contribution in [-0.4, -0.2) is 13.1 Å². The van der Waals surface area contributed by atoms with Crippen molar-refractivity contribution in [3.63, 3.8) is 0 Å². The van der Waals surface area contributed by atoms with Crippen molar-refractivity contribution in [2.75, 3.05) is 11.9 Å². The van der Waals surface area contributed by atoms with E-state index in [9.17, 15) is 5.26 Å². The van der Waals surface area contributed by atoms with Crippen LogP contribution in [0.2, 0.25) is 0 Å². The maximum Gasteiger partial charge on any atom is 0.101 e. The van der Waals surface area contributed by atoms with Gasteiger partial charge < -0.3 is 10.6 Å². The number of anilines is 1. The van der Waals surface area contributed by atoms with E-state index >= 15 is 0 Å². The molecular formula is C16H23N3. The summed E-state index contributed by atoms with van der Waals surface area (Å²) in [4.78, 5) is 2.29. The maximum atomic E-state index is 9.33. The number of nitrogens with zero attached hydrogens (tertiary/aromatic N) is 2. The van der Waals surface area contributed by atoms with E-state index in [4.69, 9.17) is 5.73 Å². The van der Waals surface area contributed by atoms with Gasteiger partial charge in [-0.2, -0.15) is 5.26 Å². The number of nitrogens with two attached hydrogens (primary N) is 1. The van der Waals surface area contributed by atoms with E-state index < -0.39 is 0 Å². The third kappa shape index (κ3) is 2.90. The van der Waals surface area contributed by atoms with Crippen LogP contribution in [-0.2, 0) is 6.54 Å². The molecule has 0 saturated heterocycles. The predicted molar refractivity (Wildman–Crippen MR) is 78.9 cm³/mol. The maximum absolute atomic E-state index is 9.33. The number of rotatable bonds is 3. The highest BCUT2D eigenvalue weighted by atomic mass is 15.1. The lowest BCUT2D eigenvalue weighted by Gasteiger charge is -2.38. The molecule has 2 atom stereocenters. The second-order valence-electron chi connectivity index (χ2n) is 5.61. The molecule has 0 aliphatic heterocycles. The molecule has 2 rings (SSSR count). The zero-order chi connectivity index (χ0) is 13.8. The Morgan fingerprint density at radius 2 is 2.11 bits per heavy atom. The molecule has 1 fully saturated rings. The van der Waals surface area contributed by atoms with Gasteiger partial charge in [-0.1, -0.05) is 25.8 Å². The highest BCUT2D eigenvalue weighted by molar-refractivity contribution is 5.60. The van der Waals surface area contributed by atoms with Crippen molar-refractivity contribution in [3.05, 3.63) is 29.3 Å². The van der Waals surface area contributed by atoms with Gasteiger partial charge in [-0.05, 0) is 36.5 Å². The summed E-state index contributed by atoms with van der Waals surface area (Å²) in [7, 11) is 2.12. The van der Waals surface area contributed by atoms with Crippen molar-refractivity contribution in [2.45, 2.75) is 45.2 Å². The van der Waals surface area contributed by atoms with Crippen molar-refractivity contribution in [3.8, 4) is 6.07 Å². The first-order valence-electron chi connectivity index (χ1n) is 7.13. The summed E-state index contributed by atoms with van der Waals surface area (Å²) in [6, 6.07) is 8.84. The van der Waals surface area contributed by atoms with E-state index in [0.29, 0.717) is 18.5 Å². The normalized spacial score (nSPS) is 22.8. The molecule has 1 aliphatic carbocycles. The first-order chi connectivity index (χ1) is 9.17. The average molecular weight is 257 g/mol. The number of hydrogen-bond acceptors (Lipinski definition) is 3. The minimum atomic E-state index is 0.485. The molecule has 0 radical (unpaired) electrons. The minimum Gasteiger partial charge on any atom is -0.370 e. The molecule has 3 nitrogen and oxygen atoms in total. The summed E-state index contributed by atoms with van der Waals surface area (Å²) in [5.74, 6) is 0.694. The van der Waals surface area contributed by atoms with Crippen molar-refractivity contribution >= 4 is 5.69 Å². The van der Waals surface area contributed by atoms with E-state index in [1.54, 1.807) is 0 Å². The van der Waals surface area contributed by atoms with E-state index in [1.165, 1.54) is 25.7 Å². The van der Waals surface area contributed by atoms with Crippen molar-refractivity contribution in [2.24, 2.45) is 11.7 Å². The van der Waals surface area contributed by atoms with Gasteiger partial charge in [0.2, 0.25) is 0 Å². The Bertz CT molecular complexity index is 475. The lowest BCUT2D eigenvalue weighted by atomic mass is 9.84. The highest BCUT2D eigenvalue weighted by Crippen LogP contribution is 2.32. The van der Waals surface area contributed by atoms with Gasteiger partial charge in [0.15, 0.2) is 0 Å². The SMILES string of the molecule is CC1CCCCC1N(C)c1ccc(CN)cc1C#N. The molecule has 0 heterocycles. The first kappa shape index (κ1) is 13.9. The summed E-state index contributed by atoms with van der Waals surface area (Å²) in [5, 5.41) is 9.33. The largest absolute Gasteiger partial charge is 0.370 e. The summed E-state index contributed by atoms with van der Waals surface area (Å²) in [6.45, 7) is 2.80. The van der Waals surface area contributed by atoms with E-state index in [1.807, 2.05) is 18.2 Å². The molecule has 0 aromatic heterocycles. The van der Waals surface area contributed by atoms with Gasteiger partial charge in [-0.3, -0.25) is 0 Å². The Hall–Kier alpha value is -1.53. The van der Waals surface area contributed by atoms with Crippen LogP contribution >= 0.6 is 0 Å². The van der Waals surface area contributed by atoms with Crippen LogP contribution in [0.1, 0.15) is 43.7 Å². The van der Waals surface area contributed by atoms with Gasteiger partial charge in [0.25, 0.3) is 0 Å². The van der Waals surface area contributed by atoms with Gasteiger partial charge in [0, 0.05) is 19.6 Å². The van der Waals surface area contributed by atoms with Crippen LogP contribution in [0.3, 0.4) is 0 Å². The monoisotopic (exact) mass is 257 g/mol. The van der Waals surface area contributed by atoms with E-state index in [0.717, 1.165) is 16.8 Å². The summed E-state index contributed by atoms with van der Waals surface area (Å²) in [5.41, 5.74) is 8.44. The Morgan fingerprint density at radius 1 is 1.37 bits per heavy atom. The summed E-state index contributed by atoms with van der Waals surface area (Å²) in [6.07, 6.45) is 5.14. The first-order valence-corrected chi connectivity index (χ1v) is 7.13. The molecule has 1 aliphatic rings. The Labute approximate surface area is 116 Å². The number of benzene rings is 1. The van der Waals surface area contributed by atoms with E-state index in [-0.39, 0.29) is 0 Å². The van der Waals surface area contributed by atoms with Gasteiger partial charge in [0.05, 0.1) is 11.3 Å². The topological polar surface area (TPSA) is 53.0 Å². The minimum absolute atomic E-state index is 0.485. The van der Waals surface area contributed by atoms with Gasteiger partial charge in [0.1, 0.15) is 6.07 Å². The molecule has 0 spiro atoms. The molecule has 1 aromatic rings.